The minimum absolute atomic E-state index is 0.0296. The van der Waals surface area contributed by atoms with Crippen LogP contribution in [0.2, 0.25) is 6.32 Å². The zero-order chi connectivity index (χ0) is 14.4. The first-order chi connectivity index (χ1) is 8.22. The highest BCUT2D eigenvalue weighted by molar-refractivity contribution is 7.81. The Kier molecular flexibility index (Phi) is 6.75. The molecule has 0 fully saturated rings. The van der Waals surface area contributed by atoms with Crippen LogP contribution in [0.5, 0.6) is 0 Å². The standard InChI is InChI=1S/C11H19BN3S.C2H6/c1-10(2,11(3,4)16)7-12-8-5-14-9(13)15-6-8;1-2/h5-6,16H,7H2,1-4H3,(H2,13,14,15);1-2H3. The van der Waals surface area contributed by atoms with Gasteiger partial charge in [-0.15, -0.1) is 0 Å². The van der Waals surface area contributed by atoms with Crippen LogP contribution in [0, 0.1) is 5.41 Å². The van der Waals surface area contributed by atoms with Gasteiger partial charge in [-0.05, 0) is 5.41 Å². The van der Waals surface area contributed by atoms with Crippen molar-refractivity contribution in [2.24, 2.45) is 5.41 Å². The van der Waals surface area contributed by atoms with E-state index in [0.717, 1.165) is 11.8 Å². The third-order valence-electron chi connectivity index (χ3n) is 3.20. The predicted octanol–water partition coefficient (Wildman–Crippen LogP) is 2.57. The van der Waals surface area contributed by atoms with Crippen molar-refractivity contribution in [3.05, 3.63) is 12.4 Å². The Morgan fingerprint density at radius 3 is 2.00 bits per heavy atom. The normalized spacial score (nSPS) is 11.5. The molecule has 0 bridgehead atoms. The van der Waals surface area contributed by atoms with Gasteiger partial charge < -0.3 is 5.73 Å². The Morgan fingerprint density at radius 1 is 1.17 bits per heavy atom. The lowest BCUT2D eigenvalue weighted by molar-refractivity contribution is 0.322. The topological polar surface area (TPSA) is 51.8 Å². The van der Waals surface area contributed by atoms with E-state index in [9.17, 15) is 0 Å². The highest BCUT2D eigenvalue weighted by Crippen LogP contribution is 2.38. The summed E-state index contributed by atoms with van der Waals surface area (Å²) in [5.41, 5.74) is 6.54. The van der Waals surface area contributed by atoms with Crippen molar-refractivity contribution < 1.29 is 0 Å². The first-order valence-electron chi connectivity index (χ1n) is 6.35. The Morgan fingerprint density at radius 2 is 1.61 bits per heavy atom. The maximum Gasteiger partial charge on any atom is 0.219 e. The quantitative estimate of drug-likeness (QED) is 0.650. The molecular formula is C13H25BN3S. The van der Waals surface area contributed by atoms with E-state index in [1.807, 2.05) is 13.8 Å². The summed E-state index contributed by atoms with van der Waals surface area (Å²) in [5.74, 6) is 0.311. The van der Waals surface area contributed by atoms with Crippen molar-refractivity contribution >= 4 is 31.3 Å². The molecule has 0 aliphatic carbocycles. The molecule has 1 aromatic heterocycles. The van der Waals surface area contributed by atoms with Crippen LogP contribution in [0.1, 0.15) is 41.5 Å². The van der Waals surface area contributed by atoms with Crippen molar-refractivity contribution in [1.29, 1.82) is 0 Å². The summed E-state index contributed by atoms with van der Waals surface area (Å²) in [6, 6.07) is 0. The third-order valence-corrected chi connectivity index (χ3v) is 3.80. The molecule has 1 aromatic rings. The lowest BCUT2D eigenvalue weighted by Gasteiger charge is -2.38. The molecule has 5 heteroatoms. The zero-order valence-electron chi connectivity index (χ0n) is 12.4. The fourth-order valence-corrected chi connectivity index (χ4v) is 1.17. The van der Waals surface area contributed by atoms with E-state index in [0.29, 0.717) is 5.95 Å². The second kappa shape index (κ2) is 7.02. The molecule has 0 atom stereocenters. The van der Waals surface area contributed by atoms with E-state index in [-0.39, 0.29) is 10.2 Å². The Balaban J connectivity index is 0.00000137. The molecule has 0 saturated heterocycles. The molecule has 0 spiro atoms. The van der Waals surface area contributed by atoms with E-state index < -0.39 is 0 Å². The number of rotatable bonds is 4. The Hall–Kier alpha value is -0.705. The van der Waals surface area contributed by atoms with Crippen LogP contribution in [0.4, 0.5) is 5.95 Å². The van der Waals surface area contributed by atoms with Crippen LogP contribution < -0.4 is 11.2 Å². The molecule has 1 rings (SSSR count). The zero-order valence-corrected chi connectivity index (χ0v) is 13.3. The molecule has 3 nitrogen and oxygen atoms in total. The van der Waals surface area contributed by atoms with Gasteiger partial charge in [0, 0.05) is 17.1 Å². The Labute approximate surface area is 118 Å². The molecule has 0 amide bonds. The van der Waals surface area contributed by atoms with Gasteiger partial charge in [0.2, 0.25) is 5.95 Å². The molecule has 1 heterocycles. The fourth-order valence-electron chi connectivity index (χ4n) is 1.08. The molecule has 0 saturated carbocycles. The van der Waals surface area contributed by atoms with Crippen LogP contribution >= 0.6 is 12.6 Å². The summed E-state index contributed by atoms with van der Waals surface area (Å²) >= 11 is 4.63. The average molecular weight is 266 g/mol. The number of nitrogens with zero attached hydrogens (tertiary/aromatic N) is 2. The maximum atomic E-state index is 5.43. The van der Waals surface area contributed by atoms with Gasteiger partial charge in [-0.25, -0.2) is 9.97 Å². The molecule has 18 heavy (non-hydrogen) atoms. The molecule has 0 aliphatic rings. The van der Waals surface area contributed by atoms with E-state index in [1.54, 1.807) is 12.4 Å². The first-order valence-corrected chi connectivity index (χ1v) is 6.80. The van der Waals surface area contributed by atoms with Gasteiger partial charge in [0.15, 0.2) is 7.28 Å². The van der Waals surface area contributed by atoms with Crippen molar-refractivity contribution in [1.82, 2.24) is 9.97 Å². The van der Waals surface area contributed by atoms with Gasteiger partial charge in [-0.3, -0.25) is 0 Å². The Bertz CT molecular complexity index is 344. The highest BCUT2D eigenvalue weighted by atomic mass is 32.1. The minimum Gasteiger partial charge on any atom is -0.368 e. The van der Waals surface area contributed by atoms with Crippen molar-refractivity contribution in [3.63, 3.8) is 0 Å². The lowest BCUT2D eigenvalue weighted by atomic mass is 9.57. The summed E-state index contributed by atoms with van der Waals surface area (Å²) < 4.78 is -0.0296. The van der Waals surface area contributed by atoms with Crippen molar-refractivity contribution in [2.45, 2.75) is 52.6 Å². The molecule has 0 unspecified atom stereocenters. The second-order valence-electron chi connectivity index (χ2n) is 5.23. The molecule has 1 radical (unpaired) electrons. The van der Waals surface area contributed by atoms with Gasteiger partial charge in [-0.1, -0.05) is 53.3 Å². The summed E-state index contributed by atoms with van der Waals surface area (Å²) in [6.07, 6.45) is 4.41. The summed E-state index contributed by atoms with van der Waals surface area (Å²) in [6.45, 7) is 12.7. The van der Waals surface area contributed by atoms with Crippen LogP contribution in [0.25, 0.3) is 0 Å². The maximum absolute atomic E-state index is 5.43. The van der Waals surface area contributed by atoms with Crippen molar-refractivity contribution in [3.8, 4) is 0 Å². The molecule has 101 valence electrons. The van der Waals surface area contributed by atoms with Crippen LogP contribution in [-0.2, 0) is 0 Å². The van der Waals surface area contributed by atoms with Gasteiger partial charge in [0.25, 0.3) is 0 Å². The number of hydrogen-bond acceptors (Lipinski definition) is 4. The largest absolute Gasteiger partial charge is 0.368 e. The number of anilines is 1. The van der Waals surface area contributed by atoms with Crippen molar-refractivity contribution in [2.75, 3.05) is 5.73 Å². The van der Waals surface area contributed by atoms with Gasteiger partial charge in [-0.2, -0.15) is 12.6 Å². The highest BCUT2D eigenvalue weighted by Gasteiger charge is 2.33. The summed E-state index contributed by atoms with van der Waals surface area (Å²) in [4.78, 5) is 7.92. The van der Waals surface area contributed by atoms with Gasteiger partial charge >= 0.3 is 0 Å². The van der Waals surface area contributed by atoms with Crippen LogP contribution in [-0.4, -0.2) is 22.0 Å². The number of nitrogen functional groups attached to an aromatic ring is 1. The summed E-state index contributed by atoms with van der Waals surface area (Å²) in [5, 5.41) is 0. The van der Waals surface area contributed by atoms with E-state index in [1.165, 1.54) is 0 Å². The van der Waals surface area contributed by atoms with E-state index in [4.69, 9.17) is 5.73 Å². The third kappa shape index (κ3) is 5.30. The second-order valence-corrected chi connectivity index (χ2v) is 6.34. The molecule has 2 N–H and O–H groups in total. The lowest BCUT2D eigenvalue weighted by Crippen LogP contribution is -2.36. The van der Waals surface area contributed by atoms with Crippen LogP contribution in [0.3, 0.4) is 0 Å². The minimum atomic E-state index is -0.0296. The molecule has 0 aromatic carbocycles. The predicted molar refractivity (Wildman–Crippen MR) is 84.8 cm³/mol. The summed E-state index contributed by atoms with van der Waals surface area (Å²) in [7, 11) is 2.12. The van der Waals surface area contributed by atoms with Crippen LogP contribution in [0.15, 0.2) is 12.4 Å². The van der Waals surface area contributed by atoms with Gasteiger partial charge in [0.05, 0.1) is 0 Å². The first kappa shape index (κ1) is 17.3. The number of nitrogens with two attached hydrogens (primary N) is 1. The SMILES string of the molecule is CC.CC(C)(S)C(C)(C)C[B]c1cnc(N)nc1. The fraction of sp³-hybridized carbons (Fsp3) is 0.692. The monoisotopic (exact) mass is 266 g/mol. The number of aromatic nitrogens is 2. The molecular weight excluding hydrogens is 241 g/mol. The van der Waals surface area contributed by atoms with Gasteiger partial charge in [0.1, 0.15) is 0 Å². The number of hydrogen-bond donors (Lipinski definition) is 2. The average Bonchev–Trinajstić information content (AvgIpc) is 2.29. The molecule has 0 aliphatic heterocycles. The smallest absolute Gasteiger partial charge is 0.219 e. The number of thiol groups is 1. The van der Waals surface area contributed by atoms with E-state index in [2.05, 4.69) is 57.6 Å². The van der Waals surface area contributed by atoms with E-state index >= 15 is 0 Å².